The summed E-state index contributed by atoms with van der Waals surface area (Å²) in [6.07, 6.45) is 32.4. The summed E-state index contributed by atoms with van der Waals surface area (Å²) in [5.74, 6) is 4.81. The molecule has 3 aliphatic heterocycles. The third-order valence-corrected chi connectivity index (χ3v) is 33.6. The third kappa shape index (κ3) is 19.6. The van der Waals surface area contributed by atoms with Crippen LogP contribution in [0.1, 0.15) is 281 Å². The van der Waals surface area contributed by atoms with Gasteiger partial charge in [-0.3, -0.25) is 23.6 Å². The lowest BCUT2D eigenvalue weighted by atomic mass is 9.82. The van der Waals surface area contributed by atoms with Crippen molar-refractivity contribution in [2.24, 2.45) is 59.2 Å². The van der Waals surface area contributed by atoms with Gasteiger partial charge in [0.2, 0.25) is 11.8 Å². The molecule has 12 aromatic rings. The average molecular weight is 1860 g/mol. The Morgan fingerprint density at radius 3 is 1.20 bits per heavy atom. The maximum absolute atomic E-state index is 14.6. The van der Waals surface area contributed by atoms with Gasteiger partial charge in [0, 0.05) is 28.8 Å². The van der Waals surface area contributed by atoms with Gasteiger partial charge in [-0.25, -0.2) is 24.7 Å². The van der Waals surface area contributed by atoms with Crippen LogP contribution in [0.4, 0.5) is 4.79 Å². The maximum Gasteiger partial charge on any atom is 0.580 e. The summed E-state index contributed by atoms with van der Waals surface area (Å²) < 4.78 is 14.1. The lowest BCUT2D eigenvalue weighted by molar-refractivity contribution is -0.370. The molecule has 8 fully saturated rings. The Kier molecular flexibility index (Phi) is 27.5. The van der Waals surface area contributed by atoms with E-state index in [0.717, 1.165) is 188 Å². The van der Waals surface area contributed by atoms with Crippen LogP contribution in [0.25, 0.3) is 88.6 Å². The van der Waals surface area contributed by atoms with Crippen LogP contribution < -0.4 is 10.6 Å². The fourth-order valence-electron chi connectivity index (χ4n) is 25.9. The van der Waals surface area contributed by atoms with E-state index < -0.39 is 35.9 Å². The van der Waals surface area contributed by atoms with Crippen LogP contribution in [0.5, 0.6) is 0 Å². The number of aromatic nitrogens is 8. The van der Waals surface area contributed by atoms with Gasteiger partial charge in [0.05, 0.1) is 94.7 Å². The predicted molar refractivity (Wildman–Crippen MR) is 541 cm³/mol. The summed E-state index contributed by atoms with van der Waals surface area (Å²) in [5.41, 5.74) is 29.2. The molecule has 138 heavy (non-hydrogen) atoms. The minimum Gasteiger partial charge on any atom is -0.481 e. The highest BCUT2D eigenvalue weighted by atomic mass is 16.5. The Hall–Kier alpha value is -11.9. The number of amides is 3. The van der Waals surface area contributed by atoms with Crippen molar-refractivity contribution in [2.45, 2.75) is 289 Å². The van der Waals surface area contributed by atoms with E-state index in [2.05, 4.69) is 197 Å². The zero-order valence-electron chi connectivity index (χ0n) is 81.7. The zero-order valence-corrected chi connectivity index (χ0v) is 81.7. The Morgan fingerprint density at radius 2 is 0.797 bits per heavy atom. The molecular formula is C116H137N12O10+. The minimum absolute atomic E-state index is 0.000448. The van der Waals surface area contributed by atoms with Crippen molar-refractivity contribution in [3.8, 4) is 44.5 Å². The molecular weight excluding hydrogens is 1720 g/mol. The normalized spacial score (nSPS) is 23.9. The Labute approximate surface area is 810 Å². The fraction of sp³-hybridized carbons (Fsp3) is 0.491. The molecule has 0 radical (unpaired) electrons. The minimum atomic E-state index is -0.976. The molecule has 8 aromatic carbocycles. The number of H-pyrrole nitrogens is 4. The van der Waals surface area contributed by atoms with Gasteiger partial charge < -0.3 is 54.9 Å². The van der Waals surface area contributed by atoms with E-state index in [9.17, 15) is 28.8 Å². The molecule has 0 spiro atoms. The lowest BCUT2D eigenvalue weighted by Gasteiger charge is -2.36. The standard InChI is InChI=1S/C61H73N7O6.C47H51N5.C8H12O4/c1-34(2)44(33-55(69)73-5)59(70)67-51-13-9-7-11-42(51)31-53(67)57-62-47-25-23-40(29-49(47)64-57)45-27-36-15-19-38(45)20-16-37-18-22-39(21-17-36)46(28-37)41-24-26-48-50(30-41)65-58(63-48)54-32-43-12-8-10-14-52(43)68(54)60(71)56(35(3)4)66-61(72)74-6;1-2-6-33-24-37(23-32(33)5-1)46-49-41-19-17-34(25-43(41)51-46)38-21-28-9-13-30(38)14-10-29-12-16-31(15-11-28)39(22-29)35-18-20-42-44(26-35)52-47(50-42)45-27-36-7-3-4-8-40(36)48-45;1-5(2)6(8(10)11)4-7(9)12-3/h15,18-19,22-30,34-35,42-44,51-54,56H,7-14,16-17,20-21,31-33H2,1-6H3,(H,62,64)(H,63,65)(H,66,72);9,12-13,16-22,25-26,32-33,36-37,40,45,48H,1-8,10-11,14-15,23-24,27H2,(H,49,51)(H,50,52);5-6H,3-4H2,1-2H3/p+1/t42-,43-,44-,51-,52-,53-,54-,56-;32-,33+,36-,37?,40-,45-;6-/m000/s1. The predicted octanol–water partition coefficient (Wildman–Crippen LogP) is 23.1. The van der Waals surface area contributed by atoms with Gasteiger partial charge in [-0.2, -0.15) is 0 Å². The van der Waals surface area contributed by atoms with Gasteiger partial charge in [0.15, 0.2) is 6.79 Å². The molecule has 7 N–H and O–H groups in total. The molecule has 28 rings (SSSR count). The van der Waals surface area contributed by atoms with Crippen molar-refractivity contribution in [1.82, 2.24) is 60.3 Å². The fourth-order valence-corrected chi connectivity index (χ4v) is 25.9. The maximum atomic E-state index is 14.6. The number of likely N-dealkylation sites (tertiary alicyclic amines) is 2. The number of ether oxygens (including phenoxy) is 2. The number of nitrogens with one attached hydrogen (secondary N) is 6. The third-order valence-electron chi connectivity index (χ3n) is 33.6. The first kappa shape index (κ1) is 93.7. The van der Waals surface area contributed by atoms with E-state index in [1.165, 1.54) is 187 Å². The summed E-state index contributed by atoms with van der Waals surface area (Å²) >= 11 is 0. The molecule has 15 atom stereocenters. The first-order valence-electron chi connectivity index (χ1n) is 52.0. The van der Waals surface area contributed by atoms with Crippen molar-refractivity contribution < 1.29 is 47.8 Å². The highest BCUT2D eigenvalue weighted by molar-refractivity contribution is 5.91. The Bertz CT molecular complexity index is 6170. The smallest absolute Gasteiger partial charge is 0.481 e. The van der Waals surface area contributed by atoms with Crippen molar-refractivity contribution in [2.75, 3.05) is 14.2 Å². The molecule has 13 aliphatic carbocycles. The monoisotopic (exact) mass is 1860 g/mol. The van der Waals surface area contributed by atoms with Crippen LogP contribution >= 0.6 is 0 Å². The largest absolute Gasteiger partial charge is 0.580 e. The number of methoxy groups -OCH3 is 2. The summed E-state index contributed by atoms with van der Waals surface area (Å²) in [6, 6.07) is 55.7. The van der Waals surface area contributed by atoms with Crippen LogP contribution in [-0.2, 0) is 89.2 Å². The lowest BCUT2D eigenvalue weighted by Crippen LogP contribution is -2.53. The summed E-state index contributed by atoms with van der Waals surface area (Å²) in [5, 5.41) is 15.4. The summed E-state index contributed by atoms with van der Waals surface area (Å²) in [4.78, 5) is 115. The van der Waals surface area contributed by atoms with Crippen LogP contribution in [0.15, 0.2) is 146 Å². The van der Waals surface area contributed by atoms with E-state index >= 15 is 0 Å². The molecule has 22 nitrogen and oxygen atoms in total. The molecule has 3 amide bonds. The van der Waals surface area contributed by atoms with Crippen molar-refractivity contribution in [3.63, 3.8) is 0 Å². The molecule has 7 heterocycles. The van der Waals surface area contributed by atoms with E-state index in [0.29, 0.717) is 29.8 Å². The highest BCUT2D eigenvalue weighted by Crippen LogP contribution is 2.52. The van der Waals surface area contributed by atoms with E-state index in [1.54, 1.807) is 13.8 Å². The number of hydrogen-bond donors (Lipinski definition) is 7. The van der Waals surface area contributed by atoms with Crippen LogP contribution in [0.3, 0.4) is 0 Å². The molecule has 4 aromatic heterocycles. The van der Waals surface area contributed by atoms with Crippen molar-refractivity contribution in [1.29, 1.82) is 0 Å². The van der Waals surface area contributed by atoms with Gasteiger partial charge in [-0.15, -0.1) is 0 Å². The molecule has 1 unspecified atom stereocenters. The number of alkyl carbamates (subject to hydrolysis) is 1. The second-order valence-corrected chi connectivity index (χ2v) is 43.1. The van der Waals surface area contributed by atoms with Gasteiger partial charge in [-0.1, -0.05) is 203 Å². The van der Waals surface area contributed by atoms with Crippen LogP contribution in [0.2, 0.25) is 0 Å². The molecule has 3 saturated heterocycles. The highest BCUT2D eigenvalue weighted by Gasteiger charge is 2.51. The van der Waals surface area contributed by atoms with Gasteiger partial charge >= 0.3 is 24.0 Å². The topological polar surface area (TPSA) is 298 Å². The number of imidazole rings is 4. The number of esters is 1. The van der Waals surface area contributed by atoms with E-state index in [-0.39, 0.29) is 72.5 Å². The number of aryl methyl sites for hydroxylation is 8. The number of carbonyl (C=O) groups excluding carboxylic acids is 6. The number of rotatable bonds is 19. The zero-order chi connectivity index (χ0) is 95.3. The molecule has 720 valence electrons. The molecule has 16 aliphatic rings. The van der Waals surface area contributed by atoms with Gasteiger partial charge in [-0.05, 0) is 307 Å². The number of carboxylic acid groups (broad SMARTS) is 1. The number of benzene rings is 8. The molecule has 8 bridgehead atoms. The number of aliphatic carboxylic acids is 1. The van der Waals surface area contributed by atoms with Crippen molar-refractivity contribution >= 4 is 86.7 Å². The van der Waals surface area contributed by atoms with E-state index in [4.69, 9.17) is 34.5 Å². The van der Waals surface area contributed by atoms with Crippen molar-refractivity contribution in [3.05, 3.63) is 213 Å². The average Bonchev–Trinajstić information content (AvgIpc) is 1.60. The number of aromatic amines is 4. The number of carboxylic acids is 1. The number of nitrogens with zero attached hydrogens (tertiary/aromatic N) is 6. The number of hydrogen-bond acceptors (Lipinski definition) is 13. The number of carbonyl (C=O) groups is 6. The van der Waals surface area contributed by atoms with Gasteiger partial charge in [0.25, 0.3) is 0 Å². The van der Waals surface area contributed by atoms with E-state index in [1.807, 2.05) is 27.7 Å². The molecule has 22 heteroatoms. The molecule has 5 saturated carbocycles. The SMILES string of the molecule is C=[O+]C(=O)C[C@H](C(=O)O)C(C)C.COC(=O)C[C@H](C(=O)N1[C@H](c2nc3ccc(-c4cc5ccc4CCc4ccc(c(-c6ccc7nc([C@@H]8C[C@@H]9CCCC[C@@H]9N8C(=O)[C@@H](NC(=O)OC)C(C)C)[nH]c7c6)c4)CC5)cc3[nH]2)C[C@@H]2CCCC[C@@H]21)C(C)C.c1cc2c(-c3ccc4nc(C5C[C@H]6CCCC[C@H]6C5)[nH]c4c3)cc1CCc1ccc(cc1-c1ccc3nc([C@@H]4C[C@@H]5CCCC[C@@H]5N4)[nH]c3c1)CC2. The first-order valence-corrected chi connectivity index (χ1v) is 52.0. The second-order valence-electron chi connectivity index (χ2n) is 43.1. The first-order chi connectivity index (χ1) is 67.0. The quantitative estimate of drug-likeness (QED) is 0.0293. The number of fused-ring (bicyclic) bond motifs is 8. The summed E-state index contributed by atoms with van der Waals surface area (Å²) in [7, 11) is 2.73. The Balaban J connectivity index is 0.000000159. The van der Waals surface area contributed by atoms with Crippen LogP contribution in [-0.4, -0.2) is 136 Å². The summed E-state index contributed by atoms with van der Waals surface area (Å²) in [6.45, 7) is 14.4. The Morgan fingerprint density at radius 1 is 0.413 bits per heavy atom. The van der Waals surface area contributed by atoms with Gasteiger partial charge in [0.1, 0.15) is 35.8 Å². The van der Waals surface area contributed by atoms with Crippen LogP contribution in [0, 0.1) is 59.2 Å². The second kappa shape index (κ2) is 40.5.